The van der Waals surface area contributed by atoms with Gasteiger partial charge in [-0.05, 0) is 32.4 Å². The molecule has 0 atom stereocenters. The largest absolute Gasteiger partial charge is 0.507 e. The van der Waals surface area contributed by atoms with Crippen LogP contribution in [0.5, 0.6) is 17.2 Å². The van der Waals surface area contributed by atoms with Crippen LogP contribution in [0.3, 0.4) is 0 Å². The van der Waals surface area contributed by atoms with E-state index in [-0.39, 0.29) is 29.9 Å². The van der Waals surface area contributed by atoms with Gasteiger partial charge in [0.25, 0.3) is 0 Å². The van der Waals surface area contributed by atoms with E-state index in [1.165, 1.54) is 6.07 Å². The van der Waals surface area contributed by atoms with Crippen LogP contribution in [0.15, 0.2) is 12.1 Å². The third kappa shape index (κ3) is 2.65. The van der Waals surface area contributed by atoms with E-state index in [0.29, 0.717) is 11.3 Å². The third-order valence-corrected chi connectivity index (χ3v) is 3.00. The second kappa shape index (κ2) is 4.50. The standard InChI is InChI=1S/C14H16O5/c1-14(2)6-5-9-11(19-14)7-10(15)8(13(9)18)3-4-12(16)17/h5-7,15,18H,3-4H2,1-2H3,(H,16,17). The molecule has 0 aliphatic carbocycles. The molecule has 1 aliphatic rings. The SMILES string of the molecule is CC1(C)C=Cc2c(cc(O)c(CCC(=O)O)c2O)O1. The molecule has 1 aromatic rings. The fraction of sp³-hybridized carbons (Fsp3) is 0.357. The maximum Gasteiger partial charge on any atom is 0.303 e. The molecule has 3 N–H and O–H groups in total. The molecule has 0 fully saturated rings. The van der Waals surface area contributed by atoms with Crippen LogP contribution in [0.1, 0.15) is 31.4 Å². The van der Waals surface area contributed by atoms with Crippen molar-refractivity contribution >= 4 is 12.0 Å². The maximum absolute atomic E-state index is 10.6. The van der Waals surface area contributed by atoms with Crippen LogP contribution in [0.4, 0.5) is 0 Å². The second-order valence-electron chi connectivity index (χ2n) is 5.07. The number of carboxylic acids is 1. The number of hydrogen-bond acceptors (Lipinski definition) is 4. The van der Waals surface area contributed by atoms with Gasteiger partial charge < -0.3 is 20.1 Å². The molecule has 0 saturated carbocycles. The molecule has 5 heteroatoms. The predicted octanol–water partition coefficient (Wildman–Crippen LogP) is 2.30. The number of benzene rings is 1. The lowest BCUT2D eigenvalue weighted by molar-refractivity contribution is -0.136. The molecule has 0 radical (unpaired) electrons. The molecule has 0 aromatic heterocycles. The van der Waals surface area contributed by atoms with E-state index in [0.717, 1.165) is 0 Å². The normalized spacial score (nSPS) is 15.7. The Kier molecular flexibility index (Phi) is 3.14. The Labute approximate surface area is 110 Å². The molecule has 1 aromatic carbocycles. The number of hydrogen-bond donors (Lipinski definition) is 3. The zero-order valence-corrected chi connectivity index (χ0v) is 10.8. The van der Waals surface area contributed by atoms with Gasteiger partial charge in [0, 0.05) is 18.1 Å². The number of fused-ring (bicyclic) bond motifs is 1. The summed E-state index contributed by atoms with van der Waals surface area (Å²) in [6, 6.07) is 1.41. The minimum Gasteiger partial charge on any atom is -0.507 e. The summed E-state index contributed by atoms with van der Waals surface area (Å²) >= 11 is 0. The van der Waals surface area contributed by atoms with E-state index in [1.807, 2.05) is 13.8 Å². The molecule has 102 valence electrons. The van der Waals surface area contributed by atoms with Crippen LogP contribution in [-0.2, 0) is 11.2 Å². The Hall–Kier alpha value is -2.17. The summed E-state index contributed by atoms with van der Waals surface area (Å²) in [6.07, 6.45) is 3.43. The van der Waals surface area contributed by atoms with Crippen LogP contribution < -0.4 is 4.74 Å². The van der Waals surface area contributed by atoms with Crippen LogP contribution in [0.2, 0.25) is 0 Å². The van der Waals surface area contributed by atoms with Crippen molar-refractivity contribution in [3.8, 4) is 17.2 Å². The number of aromatic hydroxyl groups is 2. The number of phenolic OH excluding ortho intramolecular Hbond substituents is 2. The lowest BCUT2D eigenvalue weighted by Crippen LogP contribution is -2.27. The summed E-state index contributed by atoms with van der Waals surface area (Å²) in [7, 11) is 0. The number of carbonyl (C=O) groups is 1. The average molecular weight is 264 g/mol. The summed E-state index contributed by atoms with van der Waals surface area (Å²) in [5.74, 6) is -0.863. The zero-order valence-electron chi connectivity index (χ0n) is 10.8. The molecule has 19 heavy (non-hydrogen) atoms. The molecular weight excluding hydrogens is 248 g/mol. The highest BCUT2D eigenvalue weighted by molar-refractivity contribution is 5.72. The topological polar surface area (TPSA) is 87.0 Å². The van der Waals surface area contributed by atoms with Gasteiger partial charge in [0.15, 0.2) is 0 Å². The zero-order chi connectivity index (χ0) is 14.2. The maximum atomic E-state index is 10.6. The van der Waals surface area contributed by atoms with E-state index >= 15 is 0 Å². The number of ether oxygens (including phenoxy) is 1. The highest BCUT2D eigenvalue weighted by atomic mass is 16.5. The van der Waals surface area contributed by atoms with Gasteiger partial charge in [0.2, 0.25) is 0 Å². The van der Waals surface area contributed by atoms with Crippen molar-refractivity contribution < 1.29 is 24.9 Å². The van der Waals surface area contributed by atoms with Crippen molar-refractivity contribution in [2.75, 3.05) is 0 Å². The lowest BCUT2D eigenvalue weighted by atomic mass is 9.97. The van der Waals surface area contributed by atoms with Gasteiger partial charge >= 0.3 is 5.97 Å². The van der Waals surface area contributed by atoms with Crippen molar-refractivity contribution in [3.05, 3.63) is 23.3 Å². The minimum atomic E-state index is -0.982. The summed E-state index contributed by atoms with van der Waals surface area (Å²) in [6.45, 7) is 3.72. The van der Waals surface area contributed by atoms with Gasteiger partial charge in [-0.1, -0.05) is 0 Å². The lowest BCUT2D eigenvalue weighted by Gasteiger charge is -2.28. The first-order chi connectivity index (χ1) is 8.80. The molecule has 0 unspecified atom stereocenters. The molecule has 0 spiro atoms. The molecule has 0 amide bonds. The number of carboxylic acid groups (broad SMARTS) is 1. The van der Waals surface area contributed by atoms with Gasteiger partial charge in [-0.3, -0.25) is 4.79 Å². The Bertz CT molecular complexity index is 557. The smallest absolute Gasteiger partial charge is 0.303 e. The number of rotatable bonds is 3. The van der Waals surface area contributed by atoms with Crippen LogP contribution >= 0.6 is 0 Å². The van der Waals surface area contributed by atoms with Gasteiger partial charge in [-0.2, -0.15) is 0 Å². The van der Waals surface area contributed by atoms with Crippen LogP contribution in [0.25, 0.3) is 6.08 Å². The average Bonchev–Trinajstić information content (AvgIpc) is 2.26. The summed E-state index contributed by atoms with van der Waals surface area (Å²) in [4.78, 5) is 10.6. The Morgan fingerprint density at radius 1 is 1.37 bits per heavy atom. The van der Waals surface area contributed by atoms with Crippen LogP contribution in [-0.4, -0.2) is 26.9 Å². The summed E-state index contributed by atoms with van der Waals surface area (Å²) < 4.78 is 5.64. The van der Waals surface area contributed by atoms with Crippen molar-refractivity contribution in [3.63, 3.8) is 0 Å². The quantitative estimate of drug-likeness (QED) is 0.779. The highest BCUT2D eigenvalue weighted by Crippen LogP contribution is 2.43. The molecule has 2 rings (SSSR count). The van der Waals surface area contributed by atoms with E-state index in [1.54, 1.807) is 12.2 Å². The Morgan fingerprint density at radius 3 is 2.68 bits per heavy atom. The fourth-order valence-electron chi connectivity index (χ4n) is 2.01. The fourth-order valence-corrected chi connectivity index (χ4v) is 2.01. The van der Waals surface area contributed by atoms with Gasteiger partial charge in [0.1, 0.15) is 22.8 Å². The molecule has 0 bridgehead atoms. The van der Waals surface area contributed by atoms with Crippen molar-refractivity contribution in [1.29, 1.82) is 0 Å². The molecule has 0 saturated heterocycles. The van der Waals surface area contributed by atoms with Gasteiger partial charge in [0.05, 0.1) is 5.56 Å². The highest BCUT2D eigenvalue weighted by Gasteiger charge is 2.26. The number of phenols is 2. The van der Waals surface area contributed by atoms with E-state index in [9.17, 15) is 15.0 Å². The Morgan fingerprint density at radius 2 is 2.05 bits per heavy atom. The minimum absolute atomic E-state index is 0.0670. The van der Waals surface area contributed by atoms with Crippen LogP contribution in [0, 0.1) is 0 Å². The monoisotopic (exact) mass is 264 g/mol. The Balaban J connectivity index is 2.42. The van der Waals surface area contributed by atoms with E-state index in [4.69, 9.17) is 9.84 Å². The van der Waals surface area contributed by atoms with Crippen molar-refractivity contribution in [2.45, 2.75) is 32.3 Å². The van der Waals surface area contributed by atoms with Crippen molar-refractivity contribution in [1.82, 2.24) is 0 Å². The first-order valence-corrected chi connectivity index (χ1v) is 5.98. The van der Waals surface area contributed by atoms with Crippen molar-refractivity contribution in [2.24, 2.45) is 0 Å². The molecule has 1 heterocycles. The summed E-state index contributed by atoms with van der Waals surface area (Å²) in [5, 5.41) is 28.6. The van der Waals surface area contributed by atoms with E-state index < -0.39 is 11.6 Å². The third-order valence-electron chi connectivity index (χ3n) is 3.00. The predicted molar refractivity (Wildman–Crippen MR) is 69.5 cm³/mol. The first-order valence-electron chi connectivity index (χ1n) is 5.98. The molecule has 1 aliphatic heterocycles. The number of aliphatic carboxylic acids is 1. The van der Waals surface area contributed by atoms with Gasteiger partial charge in [-0.25, -0.2) is 0 Å². The first kappa shape index (κ1) is 13.3. The van der Waals surface area contributed by atoms with Gasteiger partial charge in [-0.15, -0.1) is 0 Å². The molecule has 5 nitrogen and oxygen atoms in total. The van der Waals surface area contributed by atoms with E-state index in [2.05, 4.69) is 0 Å². The second-order valence-corrected chi connectivity index (χ2v) is 5.07. The molecular formula is C14H16O5. The summed E-state index contributed by atoms with van der Waals surface area (Å²) in [5.41, 5.74) is 0.195.